The van der Waals surface area contributed by atoms with Gasteiger partial charge in [0.25, 0.3) is 5.91 Å². The number of nitrogens with one attached hydrogen (secondary N) is 1. The standard InChI is InChI=1S/C19H21NO4/c1-14-4-2-3-5-16(14)10-11-20-18(22)13-24-19(23)17-8-6-15(12-21)7-9-17/h2-9,21H,10-13H2,1H3,(H,20,22). The van der Waals surface area contributed by atoms with Crippen LogP contribution in [0.4, 0.5) is 0 Å². The Labute approximate surface area is 141 Å². The monoisotopic (exact) mass is 327 g/mol. The summed E-state index contributed by atoms with van der Waals surface area (Å²) in [5.41, 5.74) is 3.42. The third-order valence-electron chi connectivity index (χ3n) is 3.68. The number of aliphatic hydroxyl groups excluding tert-OH is 1. The van der Waals surface area contributed by atoms with Crippen molar-refractivity contribution in [1.82, 2.24) is 5.32 Å². The molecule has 2 aromatic rings. The Morgan fingerprint density at radius 1 is 1.08 bits per heavy atom. The van der Waals surface area contributed by atoms with Gasteiger partial charge < -0.3 is 15.2 Å². The van der Waals surface area contributed by atoms with Crippen LogP contribution in [-0.4, -0.2) is 30.1 Å². The van der Waals surface area contributed by atoms with Gasteiger partial charge in [0.2, 0.25) is 0 Å². The van der Waals surface area contributed by atoms with E-state index in [0.717, 1.165) is 6.42 Å². The predicted octanol–water partition coefficient (Wildman–Crippen LogP) is 2.00. The van der Waals surface area contributed by atoms with Crippen LogP contribution < -0.4 is 5.32 Å². The molecular formula is C19H21NO4. The number of hydrogen-bond acceptors (Lipinski definition) is 4. The molecule has 0 fully saturated rings. The number of amides is 1. The minimum absolute atomic E-state index is 0.0847. The van der Waals surface area contributed by atoms with Gasteiger partial charge in [0, 0.05) is 6.54 Å². The van der Waals surface area contributed by atoms with E-state index in [9.17, 15) is 9.59 Å². The summed E-state index contributed by atoms with van der Waals surface area (Å²) in [6.45, 7) is 2.13. The van der Waals surface area contributed by atoms with Crippen LogP contribution in [-0.2, 0) is 22.6 Å². The van der Waals surface area contributed by atoms with Crippen LogP contribution in [0.5, 0.6) is 0 Å². The van der Waals surface area contributed by atoms with Crippen molar-refractivity contribution < 1.29 is 19.4 Å². The molecule has 5 nitrogen and oxygen atoms in total. The van der Waals surface area contributed by atoms with Crippen molar-refractivity contribution in [3.05, 3.63) is 70.8 Å². The van der Waals surface area contributed by atoms with E-state index in [1.54, 1.807) is 24.3 Å². The van der Waals surface area contributed by atoms with Crippen molar-refractivity contribution in [2.45, 2.75) is 20.0 Å². The van der Waals surface area contributed by atoms with E-state index in [-0.39, 0.29) is 19.1 Å². The highest BCUT2D eigenvalue weighted by Crippen LogP contribution is 2.07. The molecular weight excluding hydrogens is 306 g/mol. The lowest BCUT2D eigenvalue weighted by Gasteiger charge is -2.08. The zero-order valence-electron chi connectivity index (χ0n) is 13.6. The number of ether oxygens (including phenoxy) is 1. The summed E-state index contributed by atoms with van der Waals surface area (Å²) in [5.74, 6) is -0.891. The molecule has 0 unspecified atom stereocenters. The second-order valence-electron chi connectivity index (χ2n) is 5.46. The zero-order valence-corrected chi connectivity index (χ0v) is 13.6. The zero-order chi connectivity index (χ0) is 17.4. The highest BCUT2D eigenvalue weighted by molar-refractivity contribution is 5.91. The Morgan fingerprint density at radius 2 is 1.79 bits per heavy atom. The Balaban J connectivity index is 1.72. The first-order valence-corrected chi connectivity index (χ1v) is 7.78. The average Bonchev–Trinajstić information content (AvgIpc) is 2.61. The SMILES string of the molecule is Cc1ccccc1CCNC(=O)COC(=O)c1ccc(CO)cc1. The summed E-state index contributed by atoms with van der Waals surface area (Å²) in [6, 6.07) is 14.4. The van der Waals surface area contributed by atoms with E-state index in [1.165, 1.54) is 11.1 Å². The van der Waals surface area contributed by atoms with Crippen LogP contribution in [0, 0.1) is 6.92 Å². The molecule has 0 spiro atoms. The molecule has 5 heteroatoms. The van der Waals surface area contributed by atoms with Crippen LogP contribution in [0.1, 0.15) is 27.0 Å². The van der Waals surface area contributed by atoms with Crippen molar-refractivity contribution in [1.29, 1.82) is 0 Å². The molecule has 2 N–H and O–H groups in total. The molecule has 0 atom stereocenters. The fourth-order valence-corrected chi connectivity index (χ4v) is 2.24. The number of carbonyl (C=O) groups is 2. The Hall–Kier alpha value is -2.66. The van der Waals surface area contributed by atoms with Crippen LogP contribution >= 0.6 is 0 Å². The summed E-state index contributed by atoms with van der Waals surface area (Å²) in [6.07, 6.45) is 0.731. The molecule has 24 heavy (non-hydrogen) atoms. The number of rotatable bonds is 7. The second kappa shape index (κ2) is 8.84. The second-order valence-corrected chi connectivity index (χ2v) is 5.46. The molecule has 2 rings (SSSR count). The minimum atomic E-state index is -0.562. The molecule has 0 aromatic heterocycles. The van der Waals surface area contributed by atoms with Gasteiger partial charge in [0.05, 0.1) is 12.2 Å². The number of esters is 1. The number of aliphatic hydroxyl groups is 1. The van der Waals surface area contributed by atoms with Gasteiger partial charge in [-0.3, -0.25) is 4.79 Å². The minimum Gasteiger partial charge on any atom is -0.452 e. The van der Waals surface area contributed by atoms with Crippen LogP contribution in [0.25, 0.3) is 0 Å². The quantitative estimate of drug-likeness (QED) is 0.763. The lowest BCUT2D eigenvalue weighted by atomic mass is 10.1. The molecule has 0 bridgehead atoms. The van der Waals surface area contributed by atoms with Gasteiger partial charge in [0.15, 0.2) is 6.61 Å². The van der Waals surface area contributed by atoms with E-state index in [1.807, 2.05) is 31.2 Å². The maximum absolute atomic E-state index is 11.8. The van der Waals surface area contributed by atoms with Gasteiger partial charge in [-0.1, -0.05) is 36.4 Å². The molecule has 126 valence electrons. The van der Waals surface area contributed by atoms with E-state index in [2.05, 4.69) is 5.32 Å². The van der Waals surface area contributed by atoms with Crippen LogP contribution in [0.15, 0.2) is 48.5 Å². The first-order chi connectivity index (χ1) is 11.6. The molecule has 0 heterocycles. The van der Waals surface area contributed by atoms with Gasteiger partial charge in [-0.2, -0.15) is 0 Å². The number of aryl methyl sites for hydroxylation is 1. The van der Waals surface area contributed by atoms with Crippen molar-refractivity contribution in [2.24, 2.45) is 0 Å². The summed E-state index contributed by atoms with van der Waals surface area (Å²) < 4.78 is 4.98. The lowest BCUT2D eigenvalue weighted by molar-refractivity contribution is -0.124. The first-order valence-electron chi connectivity index (χ1n) is 7.78. The van der Waals surface area contributed by atoms with Crippen LogP contribution in [0.3, 0.4) is 0 Å². The Bertz CT molecular complexity index is 695. The average molecular weight is 327 g/mol. The highest BCUT2D eigenvalue weighted by atomic mass is 16.5. The molecule has 0 aliphatic heterocycles. The maximum Gasteiger partial charge on any atom is 0.338 e. The summed E-state index contributed by atoms with van der Waals surface area (Å²) in [5, 5.41) is 11.7. The summed E-state index contributed by atoms with van der Waals surface area (Å²) >= 11 is 0. The maximum atomic E-state index is 11.8. The number of carbonyl (C=O) groups excluding carboxylic acids is 2. The third kappa shape index (κ3) is 5.21. The van der Waals surface area contributed by atoms with E-state index in [4.69, 9.17) is 9.84 Å². The number of benzene rings is 2. The topological polar surface area (TPSA) is 75.6 Å². The Morgan fingerprint density at radius 3 is 2.46 bits per heavy atom. The molecule has 0 saturated carbocycles. The molecule has 0 aliphatic rings. The predicted molar refractivity (Wildman–Crippen MR) is 90.5 cm³/mol. The molecule has 2 aromatic carbocycles. The highest BCUT2D eigenvalue weighted by Gasteiger charge is 2.10. The number of hydrogen-bond donors (Lipinski definition) is 2. The summed E-state index contributed by atoms with van der Waals surface area (Å²) in [7, 11) is 0. The third-order valence-corrected chi connectivity index (χ3v) is 3.68. The van der Waals surface area contributed by atoms with E-state index >= 15 is 0 Å². The first kappa shape index (κ1) is 17.7. The fraction of sp³-hybridized carbons (Fsp3) is 0.263. The normalized spacial score (nSPS) is 10.2. The molecule has 1 amide bonds. The van der Waals surface area contributed by atoms with Gasteiger partial charge in [-0.15, -0.1) is 0 Å². The van der Waals surface area contributed by atoms with Crippen LogP contribution in [0.2, 0.25) is 0 Å². The van der Waals surface area contributed by atoms with E-state index in [0.29, 0.717) is 17.7 Å². The van der Waals surface area contributed by atoms with Gasteiger partial charge in [0.1, 0.15) is 0 Å². The Kier molecular flexibility index (Phi) is 6.51. The smallest absolute Gasteiger partial charge is 0.338 e. The van der Waals surface area contributed by atoms with Crippen molar-refractivity contribution >= 4 is 11.9 Å². The van der Waals surface area contributed by atoms with Crippen molar-refractivity contribution in [2.75, 3.05) is 13.2 Å². The molecule has 0 radical (unpaired) electrons. The summed E-state index contributed by atoms with van der Waals surface area (Å²) in [4.78, 5) is 23.6. The largest absolute Gasteiger partial charge is 0.452 e. The van der Waals surface area contributed by atoms with Gasteiger partial charge in [-0.05, 0) is 42.2 Å². The van der Waals surface area contributed by atoms with Crippen molar-refractivity contribution in [3.8, 4) is 0 Å². The molecule has 0 saturated heterocycles. The van der Waals surface area contributed by atoms with Gasteiger partial charge in [-0.25, -0.2) is 4.79 Å². The van der Waals surface area contributed by atoms with Crippen molar-refractivity contribution in [3.63, 3.8) is 0 Å². The lowest BCUT2D eigenvalue weighted by Crippen LogP contribution is -2.30. The molecule has 0 aliphatic carbocycles. The van der Waals surface area contributed by atoms with E-state index < -0.39 is 5.97 Å². The fourth-order valence-electron chi connectivity index (χ4n) is 2.24. The van der Waals surface area contributed by atoms with Gasteiger partial charge >= 0.3 is 5.97 Å².